The maximum atomic E-state index is 13.6. The van der Waals surface area contributed by atoms with Gasteiger partial charge in [-0.15, -0.1) is 0 Å². The second-order valence-electron chi connectivity index (χ2n) is 6.85. The molecular formula is C18H23F2NO2. The summed E-state index contributed by atoms with van der Waals surface area (Å²) in [6.45, 7) is 1.14. The Kier molecular flexibility index (Phi) is 4.67. The van der Waals surface area contributed by atoms with E-state index in [0.29, 0.717) is 19.5 Å². The number of amides is 1. The summed E-state index contributed by atoms with van der Waals surface area (Å²) < 4.78 is 26.8. The molecule has 1 saturated carbocycles. The molecule has 2 fully saturated rings. The summed E-state index contributed by atoms with van der Waals surface area (Å²) in [6, 6.07) is 4.05. The molecule has 0 bridgehead atoms. The first-order valence-corrected chi connectivity index (χ1v) is 8.43. The summed E-state index contributed by atoms with van der Waals surface area (Å²) in [7, 11) is 0. The van der Waals surface area contributed by atoms with Crippen molar-refractivity contribution in [1.29, 1.82) is 0 Å². The highest BCUT2D eigenvalue weighted by atomic mass is 19.2. The molecule has 1 amide bonds. The first kappa shape index (κ1) is 16.4. The summed E-state index contributed by atoms with van der Waals surface area (Å²) in [6.07, 6.45) is 4.94. The number of hydrogen-bond acceptors (Lipinski definition) is 2. The first-order chi connectivity index (χ1) is 11.0. The van der Waals surface area contributed by atoms with Crippen LogP contribution in [-0.4, -0.2) is 34.6 Å². The van der Waals surface area contributed by atoms with Gasteiger partial charge in [0.1, 0.15) is 0 Å². The Hall–Kier alpha value is -1.49. The van der Waals surface area contributed by atoms with E-state index in [1.54, 1.807) is 4.90 Å². The Labute approximate surface area is 135 Å². The van der Waals surface area contributed by atoms with E-state index in [1.165, 1.54) is 12.1 Å². The van der Waals surface area contributed by atoms with Crippen LogP contribution in [0.3, 0.4) is 0 Å². The lowest BCUT2D eigenvalue weighted by molar-refractivity contribution is -0.143. The summed E-state index contributed by atoms with van der Waals surface area (Å²) in [5, 5.41) is 10.6. The third-order valence-corrected chi connectivity index (χ3v) is 5.42. The van der Waals surface area contributed by atoms with E-state index < -0.39 is 17.2 Å². The van der Waals surface area contributed by atoms with Gasteiger partial charge in [-0.2, -0.15) is 0 Å². The number of fused-ring (bicyclic) bond motifs is 1. The molecule has 1 aromatic rings. The highest BCUT2D eigenvalue weighted by molar-refractivity contribution is 5.76. The quantitative estimate of drug-likeness (QED) is 0.929. The van der Waals surface area contributed by atoms with Crippen LogP contribution in [0.2, 0.25) is 0 Å². The van der Waals surface area contributed by atoms with Crippen molar-refractivity contribution in [2.24, 2.45) is 5.92 Å². The molecule has 1 aliphatic heterocycles. The molecule has 0 unspecified atom stereocenters. The van der Waals surface area contributed by atoms with Crippen LogP contribution in [-0.2, 0) is 11.2 Å². The largest absolute Gasteiger partial charge is 0.389 e. The average molecular weight is 323 g/mol. The Bertz CT molecular complexity index is 592. The summed E-state index contributed by atoms with van der Waals surface area (Å²) in [4.78, 5) is 14.2. The molecule has 0 aromatic heterocycles. The van der Waals surface area contributed by atoms with E-state index in [2.05, 4.69) is 0 Å². The molecule has 23 heavy (non-hydrogen) atoms. The first-order valence-electron chi connectivity index (χ1n) is 8.43. The maximum Gasteiger partial charge on any atom is 0.222 e. The van der Waals surface area contributed by atoms with Crippen LogP contribution in [0.25, 0.3) is 0 Å². The van der Waals surface area contributed by atoms with Gasteiger partial charge in [0, 0.05) is 25.4 Å². The summed E-state index contributed by atoms with van der Waals surface area (Å²) >= 11 is 0. The fourth-order valence-corrected chi connectivity index (χ4v) is 3.94. The van der Waals surface area contributed by atoms with E-state index in [0.717, 1.165) is 31.7 Å². The topological polar surface area (TPSA) is 40.5 Å². The number of halogens is 2. The van der Waals surface area contributed by atoms with Gasteiger partial charge in [-0.25, -0.2) is 8.78 Å². The van der Waals surface area contributed by atoms with Gasteiger partial charge < -0.3 is 10.0 Å². The lowest BCUT2D eigenvalue weighted by Crippen LogP contribution is -2.54. The normalized spacial score (nSPS) is 27.6. The number of rotatable bonds is 3. The monoisotopic (exact) mass is 323 g/mol. The minimum Gasteiger partial charge on any atom is -0.389 e. The minimum atomic E-state index is -0.875. The van der Waals surface area contributed by atoms with Gasteiger partial charge in [0.25, 0.3) is 0 Å². The van der Waals surface area contributed by atoms with E-state index in [9.17, 15) is 18.7 Å². The number of nitrogens with zero attached hydrogens (tertiary/aromatic N) is 1. The highest BCUT2D eigenvalue weighted by Gasteiger charge is 2.43. The predicted molar refractivity (Wildman–Crippen MR) is 82.8 cm³/mol. The number of benzene rings is 1. The van der Waals surface area contributed by atoms with Gasteiger partial charge in [0.2, 0.25) is 5.91 Å². The molecule has 1 aliphatic carbocycles. The van der Waals surface area contributed by atoms with Gasteiger partial charge in [-0.05, 0) is 37.3 Å². The molecule has 1 heterocycles. The zero-order valence-electron chi connectivity index (χ0n) is 13.2. The second-order valence-corrected chi connectivity index (χ2v) is 6.85. The van der Waals surface area contributed by atoms with Gasteiger partial charge in [0.15, 0.2) is 11.6 Å². The van der Waals surface area contributed by atoms with Crippen LogP contribution in [0.5, 0.6) is 0 Å². The smallest absolute Gasteiger partial charge is 0.222 e. The Morgan fingerprint density at radius 3 is 2.96 bits per heavy atom. The number of aliphatic hydroxyl groups is 1. The number of aryl methyl sites for hydroxylation is 1. The van der Waals surface area contributed by atoms with E-state index >= 15 is 0 Å². The molecule has 1 aromatic carbocycles. The van der Waals surface area contributed by atoms with Crippen molar-refractivity contribution in [2.75, 3.05) is 13.1 Å². The zero-order valence-corrected chi connectivity index (χ0v) is 13.2. The zero-order chi connectivity index (χ0) is 16.4. The molecule has 1 saturated heterocycles. The second kappa shape index (κ2) is 6.56. The predicted octanol–water partition coefficient (Wildman–Crippen LogP) is 3.05. The van der Waals surface area contributed by atoms with Crippen LogP contribution < -0.4 is 0 Å². The van der Waals surface area contributed by atoms with E-state index in [1.807, 2.05) is 0 Å². The summed E-state index contributed by atoms with van der Waals surface area (Å²) in [5.41, 5.74) is -0.367. The lowest BCUT2D eigenvalue weighted by atomic mass is 9.71. The molecule has 3 nitrogen and oxygen atoms in total. The van der Waals surface area contributed by atoms with Crippen molar-refractivity contribution in [3.05, 3.63) is 35.4 Å². The molecule has 5 heteroatoms. The van der Waals surface area contributed by atoms with Crippen LogP contribution in [0.1, 0.15) is 44.1 Å². The SMILES string of the molecule is O=C(CCc1cccc(F)c1F)N1CC[C@]2(O)CCCC[C@H]2C1. The average Bonchev–Trinajstić information content (AvgIpc) is 2.55. The Morgan fingerprint density at radius 2 is 2.13 bits per heavy atom. The molecule has 0 radical (unpaired) electrons. The van der Waals surface area contributed by atoms with Gasteiger partial charge in [-0.3, -0.25) is 4.79 Å². The number of hydrogen-bond donors (Lipinski definition) is 1. The molecule has 0 spiro atoms. The number of likely N-dealkylation sites (tertiary alicyclic amines) is 1. The maximum absolute atomic E-state index is 13.6. The van der Waals surface area contributed by atoms with Crippen molar-refractivity contribution in [2.45, 2.75) is 50.5 Å². The van der Waals surface area contributed by atoms with Gasteiger partial charge >= 0.3 is 0 Å². The lowest BCUT2D eigenvalue weighted by Gasteiger charge is -2.47. The van der Waals surface area contributed by atoms with Crippen molar-refractivity contribution in [1.82, 2.24) is 4.90 Å². The Balaban J connectivity index is 1.58. The molecule has 3 rings (SSSR count). The number of carbonyl (C=O) groups excluding carboxylic acids is 1. The molecule has 126 valence electrons. The molecular weight excluding hydrogens is 300 g/mol. The van der Waals surface area contributed by atoms with E-state index in [4.69, 9.17) is 0 Å². The van der Waals surface area contributed by atoms with Crippen LogP contribution in [0.15, 0.2) is 18.2 Å². The van der Waals surface area contributed by atoms with Crippen molar-refractivity contribution in [3.8, 4) is 0 Å². The van der Waals surface area contributed by atoms with Crippen LogP contribution in [0.4, 0.5) is 8.78 Å². The van der Waals surface area contributed by atoms with Crippen molar-refractivity contribution >= 4 is 5.91 Å². The van der Waals surface area contributed by atoms with Crippen molar-refractivity contribution < 1.29 is 18.7 Å². The van der Waals surface area contributed by atoms with Gasteiger partial charge in [0.05, 0.1) is 5.60 Å². The van der Waals surface area contributed by atoms with E-state index in [-0.39, 0.29) is 30.2 Å². The van der Waals surface area contributed by atoms with Crippen LogP contribution >= 0.6 is 0 Å². The molecule has 2 atom stereocenters. The highest BCUT2D eigenvalue weighted by Crippen LogP contribution is 2.39. The fraction of sp³-hybridized carbons (Fsp3) is 0.611. The standard InChI is InChI=1S/C18H23F2NO2/c19-15-6-3-4-13(17(15)20)7-8-16(22)21-11-10-18(23)9-2-1-5-14(18)12-21/h3-4,6,14,23H,1-2,5,7-12H2/t14-,18+/m0/s1. The minimum absolute atomic E-state index is 0.0405. The summed E-state index contributed by atoms with van der Waals surface area (Å²) in [5.74, 6) is -1.62. The third kappa shape index (κ3) is 3.39. The Morgan fingerprint density at radius 1 is 1.30 bits per heavy atom. The van der Waals surface area contributed by atoms with Crippen molar-refractivity contribution in [3.63, 3.8) is 0 Å². The number of piperidine rings is 1. The van der Waals surface area contributed by atoms with Gasteiger partial charge in [-0.1, -0.05) is 25.0 Å². The molecule has 1 N–H and O–H groups in total. The number of carbonyl (C=O) groups is 1. The molecule has 2 aliphatic rings. The fourth-order valence-electron chi connectivity index (χ4n) is 3.94. The van der Waals surface area contributed by atoms with Crippen LogP contribution in [0, 0.1) is 17.6 Å². The third-order valence-electron chi connectivity index (χ3n) is 5.42.